The topological polar surface area (TPSA) is 110 Å². The van der Waals surface area contributed by atoms with Crippen molar-refractivity contribution in [2.45, 2.75) is 52.6 Å². The van der Waals surface area contributed by atoms with Gasteiger partial charge in [0.1, 0.15) is 11.3 Å². The highest BCUT2D eigenvalue weighted by atomic mass is 16.4. The number of H-pyrrole nitrogens is 1. The molecule has 0 amide bonds. The number of carboxylic acid groups (broad SMARTS) is 1. The van der Waals surface area contributed by atoms with E-state index in [2.05, 4.69) is 9.97 Å². The van der Waals surface area contributed by atoms with Crippen LogP contribution >= 0.6 is 0 Å². The van der Waals surface area contributed by atoms with Crippen molar-refractivity contribution in [2.24, 2.45) is 0 Å². The van der Waals surface area contributed by atoms with Crippen molar-refractivity contribution < 1.29 is 9.90 Å². The lowest BCUT2D eigenvalue weighted by Crippen LogP contribution is -2.40. The Morgan fingerprint density at radius 2 is 1.79 bits per heavy atom. The lowest BCUT2D eigenvalue weighted by molar-refractivity contribution is -0.131. The van der Waals surface area contributed by atoms with Gasteiger partial charge in [-0.25, -0.2) is 14.6 Å². The highest BCUT2D eigenvalue weighted by molar-refractivity contribution is 5.85. The number of aliphatic carboxylic acids is 1. The van der Waals surface area contributed by atoms with Gasteiger partial charge >= 0.3 is 11.7 Å². The summed E-state index contributed by atoms with van der Waals surface area (Å²) in [5.74, 6) is -0.874. The molecule has 0 spiro atoms. The van der Waals surface area contributed by atoms with Crippen LogP contribution < -0.4 is 11.2 Å². The summed E-state index contributed by atoms with van der Waals surface area (Å²) in [7, 11) is 0. The maximum Gasteiger partial charge on any atom is 0.332 e. The van der Waals surface area contributed by atoms with Crippen molar-refractivity contribution in [3.63, 3.8) is 0 Å². The second kappa shape index (κ2) is 7.76. The van der Waals surface area contributed by atoms with Crippen LogP contribution in [-0.2, 0) is 17.9 Å². The van der Waals surface area contributed by atoms with Crippen LogP contribution in [0.25, 0.3) is 17.2 Å². The van der Waals surface area contributed by atoms with Gasteiger partial charge in [-0.3, -0.25) is 13.9 Å². The molecule has 2 N–H and O–H groups in total. The van der Waals surface area contributed by atoms with Crippen LogP contribution in [0.4, 0.5) is 0 Å². The highest BCUT2D eigenvalue weighted by Gasteiger charge is 2.16. The number of hydrogen-bond donors (Lipinski definition) is 2. The van der Waals surface area contributed by atoms with Gasteiger partial charge in [0.2, 0.25) is 0 Å². The van der Waals surface area contributed by atoms with Crippen molar-refractivity contribution in [3.05, 3.63) is 32.7 Å². The van der Waals surface area contributed by atoms with E-state index < -0.39 is 11.5 Å². The lowest BCUT2D eigenvalue weighted by atomic mass is 10.3. The van der Waals surface area contributed by atoms with Crippen LogP contribution in [-0.4, -0.2) is 30.2 Å². The van der Waals surface area contributed by atoms with Crippen LogP contribution in [0.1, 0.15) is 45.4 Å². The smallest absolute Gasteiger partial charge is 0.332 e. The van der Waals surface area contributed by atoms with Gasteiger partial charge in [0.15, 0.2) is 5.65 Å². The molecule has 130 valence electrons. The highest BCUT2D eigenvalue weighted by Crippen LogP contribution is 2.08. The number of nitrogens with one attached hydrogen (secondary N) is 1. The Hall–Kier alpha value is -2.64. The molecule has 0 aliphatic carbocycles. The first kappa shape index (κ1) is 17.7. The van der Waals surface area contributed by atoms with Gasteiger partial charge in [0.05, 0.1) is 0 Å². The quantitative estimate of drug-likeness (QED) is 0.712. The molecule has 0 aromatic carbocycles. The monoisotopic (exact) mass is 334 g/mol. The molecule has 0 bridgehead atoms. The Morgan fingerprint density at radius 3 is 2.38 bits per heavy atom. The Labute approximate surface area is 138 Å². The number of aryl methyl sites for hydroxylation is 1. The molecule has 2 aromatic rings. The van der Waals surface area contributed by atoms with E-state index in [1.54, 1.807) is 0 Å². The Bertz CT molecular complexity index is 873. The SMILES string of the molecule is CCCCn1c(=O)c2[nH]c(/C=C/C(=O)O)nc2n(CCCC)c1=O. The van der Waals surface area contributed by atoms with Crippen molar-refractivity contribution in [1.29, 1.82) is 0 Å². The van der Waals surface area contributed by atoms with Crippen molar-refractivity contribution in [1.82, 2.24) is 19.1 Å². The molecule has 0 unspecified atom stereocenters. The number of aromatic nitrogens is 4. The van der Waals surface area contributed by atoms with Crippen LogP contribution in [0.2, 0.25) is 0 Å². The molecule has 8 heteroatoms. The van der Waals surface area contributed by atoms with Gasteiger partial charge in [-0.1, -0.05) is 26.7 Å². The summed E-state index contributed by atoms with van der Waals surface area (Å²) in [6.07, 6.45) is 5.49. The molecule has 0 aliphatic rings. The van der Waals surface area contributed by atoms with E-state index in [1.807, 2.05) is 13.8 Å². The molecule has 0 saturated carbocycles. The second-order valence-corrected chi connectivity index (χ2v) is 5.59. The minimum Gasteiger partial charge on any atom is -0.478 e. The van der Waals surface area contributed by atoms with Crippen molar-refractivity contribution in [2.75, 3.05) is 0 Å². The zero-order chi connectivity index (χ0) is 17.7. The lowest BCUT2D eigenvalue weighted by Gasteiger charge is -2.10. The maximum absolute atomic E-state index is 12.7. The molecule has 2 heterocycles. The van der Waals surface area contributed by atoms with Crippen LogP contribution in [0.15, 0.2) is 15.7 Å². The Balaban J connectivity index is 2.66. The molecule has 24 heavy (non-hydrogen) atoms. The maximum atomic E-state index is 12.7. The molecular formula is C16H22N4O4. The number of imidazole rings is 1. The predicted molar refractivity (Wildman–Crippen MR) is 91.1 cm³/mol. The Morgan fingerprint density at radius 1 is 1.17 bits per heavy atom. The predicted octanol–water partition coefficient (Wildman–Crippen LogP) is 1.58. The number of unbranched alkanes of at least 4 members (excludes halogenated alkanes) is 2. The fraction of sp³-hybridized carbons (Fsp3) is 0.500. The molecule has 0 saturated heterocycles. The third-order valence-electron chi connectivity index (χ3n) is 3.73. The van der Waals surface area contributed by atoms with E-state index in [9.17, 15) is 14.4 Å². The zero-order valence-electron chi connectivity index (χ0n) is 13.9. The molecule has 8 nitrogen and oxygen atoms in total. The first-order valence-electron chi connectivity index (χ1n) is 8.13. The number of rotatable bonds is 8. The minimum atomic E-state index is -1.11. The Kier molecular flexibility index (Phi) is 5.73. The van der Waals surface area contributed by atoms with E-state index in [0.29, 0.717) is 13.1 Å². The summed E-state index contributed by atoms with van der Waals surface area (Å²) >= 11 is 0. The van der Waals surface area contributed by atoms with E-state index in [4.69, 9.17) is 5.11 Å². The van der Waals surface area contributed by atoms with E-state index in [0.717, 1.165) is 31.8 Å². The summed E-state index contributed by atoms with van der Waals surface area (Å²) in [6.45, 7) is 4.83. The number of carboxylic acids is 1. The van der Waals surface area contributed by atoms with E-state index >= 15 is 0 Å². The van der Waals surface area contributed by atoms with Gasteiger partial charge < -0.3 is 10.1 Å². The largest absolute Gasteiger partial charge is 0.478 e. The first-order chi connectivity index (χ1) is 11.5. The number of aromatic amines is 1. The van der Waals surface area contributed by atoms with Crippen molar-refractivity contribution >= 4 is 23.2 Å². The number of fused-ring (bicyclic) bond motifs is 1. The number of carbonyl (C=O) groups is 1. The van der Waals surface area contributed by atoms with Gasteiger partial charge in [-0.05, 0) is 18.9 Å². The molecule has 2 aromatic heterocycles. The van der Waals surface area contributed by atoms with E-state index in [-0.39, 0.29) is 22.7 Å². The molecular weight excluding hydrogens is 312 g/mol. The second-order valence-electron chi connectivity index (χ2n) is 5.59. The number of hydrogen-bond acceptors (Lipinski definition) is 4. The van der Waals surface area contributed by atoms with Crippen LogP contribution in [0.3, 0.4) is 0 Å². The normalized spacial score (nSPS) is 11.6. The average Bonchev–Trinajstić information content (AvgIpc) is 2.97. The molecule has 2 rings (SSSR count). The van der Waals surface area contributed by atoms with Gasteiger partial charge in [-0.15, -0.1) is 0 Å². The van der Waals surface area contributed by atoms with Crippen LogP contribution in [0.5, 0.6) is 0 Å². The molecule has 0 radical (unpaired) electrons. The average molecular weight is 334 g/mol. The third-order valence-corrected chi connectivity index (χ3v) is 3.73. The number of nitrogens with zero attached hydrogens (tertiary/aromatic N) is 3. The first-order valence-corrected chi connectivity index (χ1v) is 8.13. The summed E-state index contributed by atoms with van der Waals surface area (Å²) in [5, 5.41) is 8.71. The standard InChI is InChI=1S/C16H22N4O4/c1-3-5-9-19-14-13(17-11(18-14)7-8-12(21)22)15(23)20(16(19)24)10-6-4-2/h7-8H,3-6,9-10H2,1-2H3,(H,17,18)(H,21,22)/b8-7+. The fourth-order valence-corrected chi connectivity index (χ4v) is 2.44. The molecule has 0 fully saturated rings. The van der Waals surface area contributed by atoms with Gasteiger partial charge in [-0.2, -0.15) is 0 Å². The summed E-state index contributed by atoms with van der Waals surface area (Å²) in [5.41, 5.74) is -0.281. The molecule has 0 aliphatic heterocycles. The zero-order valence-corrected chi connectivity index (χ0v) is 13.9. The van der Waals surface area contributed by atoms with Crippen molar-refractivity contribution in [3.8, 4) is 0 Å². The summed E-state index contributed by atoms with van der Waals surface area (Å²) in [4.78, 5) is 42.9. The van der Waals surface area contributed by atoms with Crippen LogP contribution in [0, 0.1) is 0 Å². The minimum absolute atomic E-state index is 0.229. The molecule has 0 atom stereocenters. The van der Waals surface area contributed by atoms with Gasteiger partial charge in [0.25, 0.3) is 5.56 Å². The third kappa shape index (κ3) is 3.64. The van der Waals surface area contributed by atoms with Gasteiger partial charge in [0, 0.05) is 19.2 Å². The fourth-order valence-electron chi connectivity index (χ4n) is 2.44. The summed E-state index contributed by atoms with van der Waals surface area (Å²) < 4.78 is 2.72. The summed E-state index contributed by atoms with van der Waals surface area (Å²) in [6, 6.07) is 0. The van der Waals surface area contributed by atoms with E-state index in [1.165, 1.54) is 15.2 Å².